The second kappa shape index (κ2) is 9.57. The maximum Gasteiger partial charge on any atom is 0.191 e. The molecule has 0 amide bonds. The number of hydrogen-bond acceptors (Lipinski definition) is 3. The van der Waals surface area contributed by atoms with Crippen molar-refractivity contribution < 1.29 is 9.47 Å². The van der Waals surface area contributed by atoms with Crippen molar-refractivity contribution in [3.8, 4) is 11.5 Å². The molecule has 0 fully saturated rings. The van der Waals surface area contributed by atoms with E-state index in [-0.39, 0.29) is 0 Å². The topological polar surface area (TPSA) is 54.9 Å². The fraction of sp³-hybridized carbons (Fsp3) is 0.316. The van der Waals surface area contributed by atoms with Crippen molar-refractivity contribution in [2.75, 3.05) is 27.3 Å². The van der Waals surface area contributed by atoms with Gasteiger partial charge in [0.05, 0.1) is 6.61 Å². The molecule has 0 unspecified atom stereocenters. The number of methoxy groups -OCH3 is 1. The molecule has 0 bridgehead atoms. The van der Waals surface area contributed by atoms with E-state index < -0.39 is 0 Å². The third kappa shape index (κ3) is 5.59. The molecule has 0 heterocycles. The van der Waals surface area contributed by atoms with Crippen molar-refractivity contribution in [1.29, 1.82) is 0 Å². The largest absolute Gasteiger partial charge is 0.457 e. The molecule has 128 valence electrons. The van der Waals surface area contributed by atoms with Gasteiger partial charge < -0.3 is 20.1 Å². The molecule has 0 saturated carbocycles. The van der Waals surface area contributed by atoms with Crippen LogP contribution in [0.15, 0.2) is 53.5 Å². The molecular weight excluding hydrogens is 302 g/mol. The predicted molar refractivity (Wildman–Crippen MR) is 97.8 cm³/mol. The molecule has 0 radical (unpaired) electrons. The molecule has 2 aromatic carbocycles. The van der Waals surface area contributed by atoms with Crippen LogP contribution in [-0.4, -0.2) is 33.3 Å². The average molecular weight is 327 g/mol. The van der Waals surface area contributed by atoms with Crippen LogP contribution in [0.4, 0.5) is 0 Å². The van der Waals surface area contributed by atoms with Gasteiger partial charge in [-0.2, -0.15) is 0 Å². The Labute approximate surface area is 143 Å². The number of nitrogens with one attached hydrogen (secondary N) is 2. The normalized spacial score (nSPS) is 11.2. The lowest BCUT2D eigenvalue weighted by atomic mass is 10.2. The van der Waals surface area contributed by atoms with Gasteiger partial charge in [-0.1, -0.05) is 30.3 Å². The standard InChI is InChI=1S/C19H25N3O2/c1-15-7-6-9-17(13-15)24-18-10-5-4-8-16(18)14-22-19(20-2)21-11-12-23-3/h4-10,13H,11-12,14H2,1-3H3,(H2,20,21,22). The Morgan fingerprint density at radius 1 is 1.08 bits per heavy atom. The highest BCUT2D eigenvalue weighted by atomic mass is 16.5. The number of rotatable bonds is 7. The third-order valence-electron chi connectivity index (χ3n) is 3.46. The monoisotopic (exact) mass is 327 g/mol. The molecular formula is C19H25N3O2. The van der Waals surface area contributed by atoms with E-state index in [1.54, 1.807) is 14.2 Å². The quantitative estimate of drug-likeness (QED) is 0.466. The Morgan fingerprint density at radius 3 is 2.67 bits per heavy atom. The summed E-state index contributed by atoms with van der Waals surface area (Å²) in [5.74, 6) is 2.41. The first kappa shape index (κ1) is 17.8. The van der Waals surface area contributed by atoms with Crippen LogP contribution < -0.4 is 15.4 Å². The van der Waals surface area contributed by atoms with Gasteiger partial charge in [0.1, 0.15) is 11.5 Å². The molecule has 0 spiro atoms. The first-order chi connectivity index (χ1) is 11.7. The maximum absolute atomic E-state index is 6.03. The molecule has 2 aromatic rings. The maximum atomic E-state index is 6.03. The molecule has 0 saturated heterocycles. The van der Waals surface area contributed by atoms with Crippen molar-refractivity contribution in [2.24, 2.45) is 4.99 Å². The summed E-state index contributed by atoms with van der Waals surface area (Å²) < 4.78 is 11.1. The summed E-state index contributed by atoms with van der Waals surface area (Å²) in [5.41, 5.74) is 2.24. The minimum absolute atomic E-state index is 0.620. The van der Waals surface area contributed by atoms with E-state index >= 15 is 0 Å². The molecule has 24 heavy (non-hydrogen) atoms. The van der Waals surface area contributed by atoms with Crippen LogP contribution >= 0.6 is 0 Å². The van der Waals surface area contributed by atoms with E-state index in [1.807, 2.05) is 42.5 Å². The highest BCUT2D eigenvalue weighted by Crippen LogP contribution is 2.25. The van der Waals surface area contributed by atoms with E-state index in [2.05, 4.69) is 28.6 Å². The van der Waals surface area contributed by atoms with E-state index in [9.17, 15) is 0 Å². The number of ether oxygens (including phenoxy) is 2. The molecule has 5 nitrogen and oxygen atoms in total. The van der Waals surface area contributed by atoms with E-state index in [1.165, 1.54) is 5.56 Å². The molecule has 0 aromatic heterocycles. The number of nitrogens with zero attached hydrogens (tertiary/aromatic N) is 1. The summed E-state index contributed by atoms with van der Waals surface area (Å²) in [7, 11) is 3.42. The van der Waals surface area contributed by atoms with Crippen molar-refractivity contribution in [1.82, 2.24) is 10.6 Å². The summed E-state index contributed by atoms with van der Waals surface area (Å²) >= 11 is 0. The van der Waals surface area contributed by atoms with Crippen molar-refractivity contribution >= 4 is 5.96 Å². The Kier molecular flexibility index (Phi) is 7.11. The van der Waals surface area contributed by atoms with Crippen molar-refractivity contribution in [3.63, 3.8) is 0 Å². The smallest absolute Gasteiger partial charge is 0.191 e. The summed E-state index contributed by atoms with van der Waals surface area (Å²) in [6.07, 6.45) is 0. The van der Waals surface area contributed by atoms with Crippen LogP contribution in [0, 0.1) is 6.92 Å². The molecule has 5 heteroatoms. The van der Waals surface area contributed by atoms with Gasteiger partial charge in [0.2, 0.25) is 0 Å². The molecule has 2 rings (SSSR count). The highest BCUT2D eigenvalue weighted by Gasteiger charge is 2.06. The van der Waals surface area contributed by atoms with Gasteiger partial charge >= 0.3 is 0 Å². The number of guanidine groups is 1. The van der Waals surface area contributed by atoms with Gasteiger partial charge in [-0.05, 0) is 30.7 Å². The lowest BCUT2D eigenvalue weighted by Crippen LogP contribution is -2.38. The first-order valence-electron chi connectivity index (χ1n) is 7.99. The fourth-order valence-electron chi connectivity index (χ4n) is 2.23. The SMILES string of the molecule is CN=C(NCCOC)NCc1ccccc1Oc1cccc(C)c1. The Hall–Kier alpha value is -2.53. The number of aliphatic imine (C=N–C) groups is 1. The van der Waals surface area contributed by atoms with Gasteiger partial charge in [0.15, 0.2) is 5.96 Å². The molecule has 0 aliphatic rings. The third-order valence-corrected chi connectivity index (χ3v) is 3.46. The lowest BCUT2D eigenvalue weighted by Gasteiger charge is -2.14. The van der Waals surface area contributed by atoms with Crippen molar-refractivity contribution in [3.05, 3.63) is 59.7 Å². The summed E-state index contributed by atoms with van der Waals surface area (Å²) in [6, 6.07) is 16.0. The van der Waals surface area contributed by atoms with E-state index in [0.29, 0.717) is 19.7 Å². The number of benzene rings is 2. The van der Waals surface area contributed by atoms with Crippen LogP contribution in [-0.2, 0) is 11.3 Å². The second-order valence-electron chi connectivity index (χ2n) is 5.37. The Balaban J connectivity index is 2.00. The van der Waals surface area contributed by atoms with Crippen molar-refractivity contribution in [2.45, 2.75) is 13.5 Å². The molecule has 2 N–H and O–H groups in total. The highest BCUT2D eigenvalue weighted by molar-refractivity contribution is 5.79. The number of hydrogen-bond donors (Lipinski definition) is 2. The average Bonchev–Trinajstić information content (AvgIpc) is 2.59. The van der Waals surface area contributed by atoms with Crippen LogP contribution in [0.3, 0.4) is 0 Å². The van der Waals surface area contributed by atoms with Gasteiger partial charge in [0, 0.05) is 32.8 Å². The van der Waals surface area contributed by atoms with Gasteiger partial charge in [-0.15, -0.1) is 0 Å². The minimum Gasteiger partial charge on any atom is -0.457 e. The second-order valence-corrected chi connectivity index (χ2v) is 5.37. The summed E-state index contributed by atoms with van der Waals surface area (Å²) in [6.45, 7) is 4.01. The number of para-hydroxylation sites is 1. The van der Waals surface area contributed by atoms with Gasteiger partial charge in [-0.25, -0.2) is 0 Å². The Bertz CT molecular complexity index is 671. The summed E-state index contributed by atoms with van der Waals surface area (Å²) in [5, 5.41) is 6.48. The molecule has 0 atom stereocenters. The van der Waals surface area contributed by atoms with Gasteiger partial charge in [-0.3, -0.25) is 4.99 Å². The predicted octanol–water partition coefficient (Wildman–Crippen LogP) is 3.10. The summed E-state index contributed by atoms with van der Waals surface area (Å²) in [4.78, 5) is 4.20. The van der Waals surface area contributed by atoms with Crippen LogP contribution in [0.1, 0.15) is 11.1 Å². The molecule has 0 aliphatic carbocycles. The minimum atomic E-state index is 0.620. The van der Waals surface area contributed by atoms with E-state index in [0.717, 1.165) is 23.0 Å². The molecule has 0 aliphatic heterocycles. The lowest BCUT2D eigenvalue weighted by molar-refractivity contribution is 0.203. The zero-order chi connectivity index (χ0) is 17.2. The van der Waals surface area contributed by atoms with Crippen LogP contribution in [0.25, 0.3) is 0 Å². The zero-order valence-electron chi connectivity index (χ0n) is 14.5. The van der Waals surface area contributed by atoms with Crippen LogP contribution in [0.2, 0.25) is 0 Å². The fourth-order valence-corrected chi connectivity index (χ4v) is 2.23. The zero-order valence-corrected chi connectivity index (χ0v) is 14.5. The van der Waals surface area contributed by atoms with E-state index in [4.69, 9.17) is 9.47 Å². The Morgan fingerprint density at radius 2 is 1.92 bits per heavy atom. The van der Waals surface area contributed by atoms with Gasteiger partial charge in [0.25, 0.3) is 0 Å². The van der Waals surface area contributed by atoms with Crippen LogP contribution in [0.5, 0.6) is 11.5 Å². The first-order valence-corrected chi connectivity index (χ1v) is 7.99. The number of aryl methyl sites for hydroxylation is 1.